The molecular weight excluding hydrogens is 1400 g/mol. The van der Waals surface area contributed by atoms with Crippen molar-refractivity contribution >= 4 is 18.2 Å². The summed E-state index contributed by atoms with van der Waals surface area (Å²) in [6.07, 6.45) is -51.1. The van der Waals surface area contributed by atoms with Gasteiger partial charge in [0.25, 0.3) is 0 Å². The molecule has 7 saturated heterocycles. The number of ether oxygens (including phenoxy) is 14. The van der Waals surface area contributed by atoms with Crippen LogP contribution in [0.1, 0.15) is 127 Å². The molecule has 35 heteroatoms. The topological polar surface area (TPSA) is 545 Å². The lowest BCUT2D eigenvalue weighted by Crippen LogP contribution is -2.68. The van der Waals surface area contributed by atoms with E-state index in [1.54, 1.807) is 6.92 Å². The number of carbonyl (C=O) groups is 3. The Kier molecular flexibility index (Phi) is 23.8. The molecule has 7 heterocycles. The van der Waals surface area contributed by atoms with Crippen molar-refractivity contribution in [2.75, 3.05) is 19.8 Å². The van der Waals surface area contributed by atoms with Gasteiger partial charge in [-0.1, -0.05) is 53.2 Å². The zero-order valence-electron chi connectivity index (χ0n) is 60.2. The molecule has 0 spiro atoms. The minimum Gasteiger partial charge on any atom is -0.479 e. The zero-order valence-corrected chi connectivity index (χ0v) is 60.2. The van der Waals surface area contributed by atoms with Crippen LogP contribution in [0.2, 0.25) is 0 Å². The average Bonchev–Trinajstić information content (AvgIpc) is 0.674. The molecule has 0 aromatic heterocycles. The van der Waals surface area contributed by atoms with Crippen LogP contribution in [0.3, 0.4) is 0 Å². The number of esters is 1. The van der Waals surface area contributed by atoms with E-state index < -0.39 is 274 Å². The van der Waals surface area contributed by atoms with E-state index in [0.717, 1.165) is 11.9 Å². The zero-order chi connectivity index (χ0) is 76.6. The van der Waals surface area contributed by atoms with E-state index in [1.807, 2.05) is 0 Å². The molecule has 0 bridgehead atoms. The van der Waals surface area contributed by atoms with Gasteiger partial charge in [0.05, 0.1) is 55.1 Å². The molecule has 0 unspecified atom stereocenters. The normalized spacial score (nSPS) is 55.1. The van der Waals surface area contributed by atoms with E-state index >= 15 is 4.79 Å². The molecule has 600 valence electrons. The Morgan fingerprint density at radius 3 is 1.69 bits per heavy atom. The van der Waals surface area contributed by atoms with E-state index in [1.165, 1.54) is 20.8 Å². The number of carboxylic acid groups (broad SMARTS) is 1. The highest BCUT2D eigenvalue weighted by molar-refractivity contribution is 5.79. The molecule has 0 aromatic rings. The van der Waals surface area contributed by atoms with Crippen molar-refractivity contribution in [3.63, 3.8) is 0 Å². The average molecular weight is 1510 g/mol. The van der Waals surface area contributed by atoms with Crippen LogP contribution in [0, 0.1) is 50.2 Å². The van der Waals surface area contributed by atoms with Gasteiger partial charge < -0.3 is 163 Å². The summed E-state index contributed by atoms with van der Waals surface area (Å²) >= 11 is 0. The second-order valence-corrected chi connectivity index (χ2v) is 33.5. The van der Waals surface area contributed by atoms with Gasteiger partial charge in [-0.15, -0.1) is 0 Å². The number of fused-ring (bicyclic) bond motifs is 7. The second-order valence-electron chi connectivity index (χ2n) is 33.5. The first-order valence-electron chi connectivity index (χ1n) is 36.8. The number of hydrogen-bond acceptors (Lipinski definition) is 34. The minimum atomic E-state index is -2.11. The van der Waals surface area contributed by atoms with E-state index in [0.29, 0.717) is 57.8 Å². The van der Waals surface area contributed by atoms with Gasteiger partial charge in [0.2, 0.25) is 6.29 Å². The number of aliphatic hydroxyl groups is 17. The number of carbonyl (C=O) groups excluding carboxylic acids is 2. The van der Waals surface area contributed by atoms with Crippen LogP contribution in [0.4, 0.5) is 0 Å². The molecule has 4 saturated carbocycles. The number of aliphatic carboxylic acids is 1. The number of hydrogen-bond donors (Lipinski definition) is 18. The summed E-state index contributed by atoms with van der Waals surface area (Å²) in [6, 6.07) is 0. The van der Waals surface area contributed by atoms with Gasteiger partial charge in [0, 0.05) is 0 Å². The highest BCUT2D eigenvalue weighted by Gasteiger charge is 2.72. The van der Waals surface area contributed by atoms with Gasteiger partial charge in [-0.3, -0.25) is 4.79 Å². The third-order valence-corrected chi connectivity index (χ3v) is 26.8. The highest BCUT2D eigenvalue weighted by atomic mass is 16.8. The van der Waals surface area contributed by atoms with Gasteiger partial charge in [-0.05, 0) is 124 Å². The van der Waals surface area contributed by atoms with Crippen LogP contribution in [0.5, 0.6) is 0 Å². The quantitative estimate of drug-likeness (QED) is 0.0281. The lowest BCUT2D eigenvalue weighted by Gasteiger charge is -2.71. The fourth-order valence-electron chi connectivity index (χ4n) is 20.1. The molecule has 11 fully saturated rings. The van der Waals surface area contributed by atoms with Crippen molar-refractivity contribution in [1.82, 2.24) is 0 Å². The Morgan fingerprint density at radius 2 is 1.03 bits per heavy atom. The Morgan fingerprint density at radius 1 is 0.486 bits per heavy atom. The van der Waals surface area contributed by atoms with Crippen molar-refractivity contribution in [3.8, 4) is 0 Å². The predicted octanol–water partition coefficient (Wildman–Crippen LogP) is -4.93. The summed E-state index contributed by atoms with van der Waals surface area (Å²) in [5, 5.41) is 197. The minimum absolute atomic E-state index is 0.0902. The maximum absolute atomic E-state index is 16.1. The van der Waals surface area contributed by atoms with E-state index in [2.05, 4.69) is 40.7 Å². The third kappa shape index (κ3) is 14.1. The van der Waals surface area contributed by atoms with Crippen LogP contribution in [0.25, 0.3) is 0 Å². The third-order valence-electron chi connectivity index (χ3n) is 26.8. The SMILES string of the molecule is C[C@@H]1O[C@@H](O[C@H]2[C@@H](O)[C@@H](C)O[C@@H](OC(=O)[C@]34CCC(C)(C)C[C@H]3C3=CC[C@@H]5[C@@]6(C)CC[C@H](O[C@@H]7O[C@H](C(=O)O)[C@@H](O)[C@H](O)[C@H]7O[C@@H]7O[C@H](CO)[C@H](O)[C@H](O)[C@H]7O)[C@@](C)(C=O)[C@@H]6CC[C@@]5(C)[C@]3(C)CC4)[C@@H]2O[C@@H]2O[C@@H](C)[C@H](O[C@@H]3OC[C@@H](O)[C@H](O[C@@H]4OC[C@@H](O)[C@H](O)[C@H]4O)[C@H]3O)[C@@H](O)[C@H]2O)[C@H](O)[C@H](O)[C@H]1O. The summed E-state index contributed by atoms with van der Waals surface area (Å²) in [7, 11) is 0. The Balaban J connectivity index is 0.798. The van der Waals surface area contributed by atoms with Crippen LogP contribution in [-0.2, 0) is 80.7 Å². The second kappa shape index (κ2) is 30.6. The number of rotatable bonds is 17. The number of aldehydes is 1. The van der Waals surface area contributed by atoms with Gasteiger partial charge in [0.15, 0.2) is 49.9 Å². The summed E-state index contributed by atoms with van der Waals surface area (Å²) in [6.45, 7) is 15.2. The molecule has 0 radical (unpaired) electrons. The number of allylic oxidation sites excluding steroid dienone is 2. The monoisotopic (exact) mass is 1510 g/mol. The molecule has 5 aliphatic carbocycles. The molecule has 0 amide bonds. The maximum Gasteiger partial charge on any atom is 0.335 e. The van der Waals surface area contributed by atoms with Crippen molar-refractivity contribution in [2.45, 2.75) is 335 Å². The van der Waals surface area contributed by atoms with Crippen LogP contribution in [-0.4, -0.2) is 339 Å². The van der Waals surface area contributed by atoms with Crippen LogP contribution in [0.15, 0.2) is 11.6 Å². The van der Waals surface area contributed by atoms with Crippen LogP contribution < -0.4 is 0 Å². The van der Waals surface area contributed by atoms with Gasteiger partial charge >= 0.3 is 11.9 Å². The first-order valence-corrected chi connectivity index (χ1v) is 36.8. The standard InChI is InChI=1S/C70H110O35/c1-25-36(75)40(79)46(85)59(94-25)101-52-37(76)26(2)95-63(55(52)104-60-48(87)44(83)50(27(3)96-60)99-58-49(88)51(31(74)23-93-58)100-57-45(84)38(77)30(73)22-92-57)105-64(91)70-18-16-65(4,5)20-29(70)28-10-11-34-66(6)14-13-35(67(7,24-72)33(66)12-15-69(34,9)68(28,8)17-19-70)98-62-54(43(82)42(81)53(102-62)56(89)90)103-61-47(86)41(80)39(78)32(21-71)97-61/h10,24-27,29-55,57-63,71,73-88H,11-23H2,1-9H3,(H,89,90)/t25-,26+,27-,29-,30+,31+,32+,33+,34+,35-,36-,37-,38-,39-,40+,41-,42-,43-,44-,45+,46+,47+,48+,49+,50-,51-,52-,53-,54+,55+,57-,58-,59-,60-,61-,62+,63-,66-,67-,68+,69+,70-/m0/s1. The molecular formula is C70H110O35. The van der Waals surface area contributed by atoms with Crippen molar-refractivity contribution in [3.05, 3.63) is 11.6 Å². The molecule has 12 rings (SSSR count). The van der Waals surface area contributed by atoms with Gasteiger partial charge in [-0.2, -0.15) is 0 Å². The van der Waals surface area contributed by atoms with Gasteiger partial charge in [0.1, 0.15) is 134 Å². The molecule has 42 atom stereocenters. The first kappa shape index (κ1) is 81.6. The van der Waals surface area contributed by atoms with E-state index in [-0.39, 0.29) is 23.7 Å². The highest BCUT2D eigenvalue weighted by Crippen LogP contribution is 2.76. The predicted molar refractivity (Wildman–Crippen MR) is 345 cm³/mol. The van der Waals surface area contributed by atoms with E-state index in [9.17, 15) is 102 Å². The fourth-order valence-corrected chi connectivity index (χ4v) is 20.1. The molecule has 12 aliphatic rings. The van der Waals surface area contributed by atoms with Crippen LogP contribution >= 0.6 is 0 Å². The summed E-state index contributed by atoms with van der Waals surface area (Å²) < 4.78 is 84.6. The summed E-state index contributed by atoms with van der Waals surface area (Å²) in [4.78, 5) is 42.6. The molecule has 105 heavy (non-hydrogen) atoms. The summed E-state index contributed by atoms with van der Waals surface area (Å²) in [5.74, 6) is -3.28. The molecule has 18 N–H and O–H groups in total. The smallest absolute Gasteiger partial charge is 0.335 e. The molecule has 0 aromatic carbocycles. The Bertz CT molecular complexity index is 3080. The lowest BCUT2D eigenvalue weighted by molar-refractivity contribution is -0.392. The van der Waals surface area contributed by atoms with E-state index in [4.69, 9.17) is 66.3 Å². The number of carboxylic acids is 1. The fraction of sp³-hybridized carbons (Fsp3) is 0.929. The largest absolute Gasteiger partial charge is 0.479 e. The maximum atomic E-state index is 16.1. The summed E-state index contributed by atoms with van der Waals surface area (Å²) in [5.41, 5.74) is -3.46. The molecule has 7 aliphatic heterocycles. The lowest BCUT2D eigenvalue weighted by atomic mass is 9.33. The van der Waals surface area contributed by atoms with Crippen molar-refractivity contribution < 1.29 is 173 Å². The van der Waals surface area contributed by atoms with Crippen molar-refractivity contribution in [2.24, 2.45) is 50.2 Å². The first-order chi connectivity index (χ1) is 49.2. The van der Waals surface area contributed by atoms with Crippen molar-refractivity contribution in [1.29, 1.82) is 0 Å². The van der Waals surface area contributed by atoms with Gasteiger partial charge in [-0.25, -0.2) is 4.79 Å². The number of aliphatic hydroxyl groups excluding tert-OH is 17. The molecule has 35 nitrogen and oxygen atoms in total. The Labute approximate surface area is 606 Å². The Hall–Kier alpha value is -2.85.